The van der Waals surface area contributed by atoms with Gasteiger partial charge >= 0.3 is 0 Å². The molecule has 1 aliphatic rings. The lowest BCUT2D eigenvalue weighted by Crippen LogP contribution is -2.40. The summed E-state index contributed by atoms with van der Waals surface area (Å²) in [6, 6.07) is 12.1. The molecule has 1 amide bonds. The molecule has 3 rings (SSSR count). The Morgan fingerprint density at radius 2 is 1.88 bits per heavy atom. The molecule has 2 atom stereocenters. The minimum atomic E-state index is -0.814. The Hall–Kier alpha value is -2.71. The van der Waals surface area contributed by atoms with Crippen LogP contribution in [0.25, 0.3) is 0 Å². The summed E-state index contributed by atoms with van der Waals surface area (Å²) in [5.74, 6) is -0.722. The van der Waals surface area contributed by atoms with Crippen LogP contribution in [0.5, 0.6) is 0 Å². The van der Waals surface area contributed by atoms with E-state index in [4.69, 9.17) is 0 Å². The van der Waals surface area contributed by atoms with Gasteiger partial charge in [-0.25, -0.2) is 4.39 Å². The van der Waals surface area contributed by atoms with Crippen molar-refractivity contribution < 1.29 is 14.3 Å². The molecule has 0 heterocycles. The quantitative estimate of drug-likeness (QED) is 0.915. The Kier molecular flexibility index (Phi) is 4.09. The highest BCUT2D eigenvalue weighted by molar-refractivity contribution is 5.94. The maximum atomic E-state index is 13.1. The van der Waals surface area contributed by atoms with Crippen molar-refractivity contribution in [3.8, 4) is 6.07 Å². The van der Waals surface area contributed by atoms with E-state index < -0.39 is 23.4 Å². The zero-order valence-electron chi connectivity index (χ0n) is 14.3. The zero-order valence-corrected chi connectivity index (χ0v) is 14.3. The van der Waals surface area contributed by atoms with Crippen molar-refractivity contribution in [3.05, 3.63) is 70.5 Å². The third kappa shape index (κ3) is 2.69. The van der Waals surface area contributed by atoms with Gasteiger partial charge in [0.05, 0.1) is 23.8 Å². The van der Waals surface area contributed by atoms with Crippen LogP contribution in [0.4, 0.5) is 4.39 Å². The van der Waals surface area contributed by atoms with Crippen molar-refractivity contribution in [2.45, 2.75) is 31.4 Å². The lowest BCUT2D eigenvalue weighted by atomic mass is 9.84. The van der Waals surface area contributed by atoms with Gasteiger partial charge in [0.1, 0.15) is 5.82 Å². The third-order valence-corrected chi connectivity index (χ3v) is 5.06. The summed E-state index contributed by atoms with van der Waals surface area (Å²) < 4.78 is 13.1. The van der Waals surface area contributed by atoms with Gasteiger partial charge in [0.25, 0.3) is 5.91 Å². The Morgan fingerprint density at radius 3 is 2.48 bits per heavy atom. The van der Waals surface area contributed by atoms with Crippen molar-refractivity contribution in [3.63, 3.8) is 0 Å². The molecule has 1 N–H and O–H groups in total. The largest absolute Gasteiger partial charge is 0.390 e. The average molecular weight is 338 g/mol. The SMILES string of the molecule is CN(C(=O)c1ccc(F)cc1)C1c2cc(C#N)ccc2C(C)(C)C1O. The zero-order chi connectivity index (χ0) is 18.4. The molecule has 0 bridgehead atoms. The Balaban J connectivity index is 2.03. The fraction of sp³-hybridized carbons (Fsp3) is 0.300. The van der Waals surface area contributed by atoms with E-state index in [2.05, 4.69) is 6.07 Å². The summed E-state index contributed by atoms with van der Waals surface area (Å²) in [7, 11) is 1.61. The molecule has 25 heavy (non-hydrogen) atoms. The summed E-state index contributed by atoms with van der Waals surface area (Å²) in [5.41, 5.74) is 1.97. The molecule has 128 valence electrons. The van der Waals surface area contributed by atoms with E-state index in [1.54, 1.807) is 19.2 Å². The number of nitriles is 1. The van der Waals surface area contributed by atoms with E-state index in [-0.39, 0.29) is 5.91 Å². The molecular weight excluding hydrogens is 319 g/mol. The van der Waals surface area contributed by atoms with Crippen LogP contribution >= 0.6 is 0 Å². The first-order chi connectivity index (χ1) is 11.8. The number of carbonyl (C=O) groups excluding carboxylic acids is 1. The summed E-state index contributed by atoms with van der Waals surface area (Å²) in [4.78, 5) is 14.3. The van der Waals surface area contributed by atoms with Gasteiger partial charge in [-0.1, -0.05) is 19.9 Å². The summed E-state index contributed by atoms with van der Waals surface area (Å²) in [6.45, 7) is 3.83. The monoisotopic (exact) mass is 338 g/mol. The molecule has 0 spiro atoms. The van der Waals surface area contributed by atoms with E-state index in [0.717, 1.165) is 11.1 Å². The summed E-state index contributed by atoms with van der Waals surface area (Å²) in [6.07, 6.45) is -0.814. The first-order valence-electron chi connectivity index (χ1n) is 8.02. The van der Waals surface area contributed by atoms with Crippen LogP contribution in [0.15, 0.2) is 42.5 Å². The van der Waals surface area contributed by atoms with Gasteiger partial charge in [0.2, 0.25) is 0 Å². The van der Waals surface area contributed by atoms with Crippen LogP contribution in [-0.2, 0) is 5.41 Å². The molecular formula is C20H19FN2O2. The van der Waals surface area contributed by atoms with Crippen molar-refractivity contribution >= 4 is 5.91 Å². The van der Waals surface area contributed by atoms with Crippen LogP contribution in [0.1, 0.15) is 46.9 Å². The van der Waals surface area contributed by atoms with Crippen LogP contribution < -0.4 is 0 Å². The minimum absolute atomic E-state index is 0.310. The molecule has 0 saturated heterocycles. The smallest absolute Gasteiger partial charge is 0.254 e. The van der Waals surface area contributed by atoms with E-state index >= 15 is 0 Å². The van der Waals surface area contributed by atoms with Gasteiger partial charge in [0.15, 0.2) is 0 Å². The Labute approximate surface area is 146 Å². The Morgan fingerprint density at radius 1 is 1.24 bits per heavy atom. The molecule has 4 nitrogen and oxygen atoms in total. The van der Waals surface area contributed by atoms with Crippen molar-refractivity contribution in [2.75, 3.05) is 7.05 Å². The van der Waals surface area contributed by atoms with Gasteiger partial charge < -0.3 is 10.0 Å². The molecule has 0 radical (unpaired) electrons. The molecule has 0 aliphatic heterocycles. The molecule has 5 heteroatoms. The number of benzene rings is 2. The van der Waals surface area contributed by atoms with E-state index in [9.17, 15) is 19.6 Å². The van der Waals surface area contributed by atoms with E-state index in [1.165, 1.54) is 29.2 Å². The Bertz CT molecular complexity index is 868. The maximum absolute atomic E-state index is 13.1. The highest BCUT2D eigenvalue weighted by Crippen LogP contribution is 2.47. The number of hydrogen-bond acceptors (Lipinski definition) is 3. The van der Waals surface area contributed by atoms with Gasteiger partial charge in [0, 0.05) is 18.0 Å². The molecule has 2 aromatic carbocycles. The van der Waals surface area contributed by atoms with Gasteiger partial charge in [-0.15, -0.1) is 0 Å². The second-order valence-corrected chi connectivity index (χ2v) is 6.95. The number of carbonyl (C=O) groups is 1. The number of fused-ring (bicyclic) bond motifs is 1. The predicted octanol–water partition coefficient (Wildman–Crippen LogP) is 3.16. The number of likely N-dealkylation sites (N-methyl/N-ethyl adjacent to an activating group) is 1. The van der Waals surface area contributed by atoms with Gasteiger partial charge in [-0.05, 0) is 47.5 Å². The van der Waals surface area contributed by atoms with Crippen molar-refractivity contribution in [1.29, 1.82) is 5.26 Å². The highest BCUT2D eigenvalue weighted by atomic mass is 19.1. The normalized spacial score (nSPS) is 20.6. The second kappa shape index (κ2) is 5.98. The van der Waals surface area contributed by atoms with Gasteiger partial charge in [-0.3, -0.25) is 4.79 Å². The molecule has 1 aliphatic carbocycles. The topological polar surface area (TPSA) is 64.3 Å². The molecule has 0 saturated carbocycles. The van der Waals surface area contributed by atoms with Crippen molar-refractivity contribution in [2.24, 2.45) is 0 Å². The number of aliphatic hydroxyl groups is 1. The fourth-order valence-corrected chi connectivity index (χ4v) is 3.53. The van der Waals surface area contributed by atoms with Crippen LogP contribution in [-0.4, -0.2) is 29.1 Å². The predicted molar refractivity (Wildman–Crippen MR) is 91.4 cm³/mol. The summed E-state index contributed by atoms with van der Waals surface area (Å²) >= 11 is 0. The van der Waals surface area contributed by atoms with Crippen LogP contribution in [0.3, 0.4) is 0 Å². The first-order valence-corrected chi connectivity index (χ1v) is 8.02. The average Bonchev–Trinajstić information content (AvgIpc) is 2.80. The maximum Gasteiger partial charge on any atom is 0.254 e. The van der Waals surface area contributed by atoms with Crippen LogP contribution in [0, 0.1) is 17.1 Å². The first kappa shape index (κ1) is 17.1. The number of aliphatic hydroxyl groups excluding tert-OH is 1. The van der Waals surface area contributed by atoms with Gasteiger partial charge in [-0.2, -0.15) is 5.26 Å². The number of halogens is 1. The third-order valence-electron chi connectivity index (χ3n) is 5.06. The van der Waals surface area contributed by atoms with Crippen molar-refractivity contribution in [1.82, 2.24) is 4.90 Å². The molecule has 2 unspecified atom stereocenters. The number of hydrogen-bond donors (Lipinski definition) is 1. The molecule has 0 aromatic heterocycles. The minimum Gasteiger partial charge on any atom is -0.390 e. The second-order valence-electron chi connectivity index (χ2n) is 6.95. The number of nitrogens with zero attached hydrogens (tertiary/aromatic N) is 2. The molecule has 0 fully saturated rings. The fourth-order valence-electron chi connectivity index (χ4n) is 3.53. The number of rotatable bonds is 2. The lowest BCUT2D eigenvalue weighted by Gasteiger charge is -2.32. The lowest BCUT2D eigenvalue weighted by molar-refractivity contribution is 0.0268. The van der Waals surface area contributed by atoms with E-state index in [1.807, 2.05) is 19.9 Å². The van der Waals surface area contributed by atoms with Crippen LogP contribution in [0.2, 0.25) is 0 Å². The standard InChI is InChI=1S/C20H19FN2O2/c1-20(2)16-9-4-12(11-22)10-15(16)17(18(20)24)23(3)19(25)13-5-7-14(21)8-6-13/h4-10,17-18,24H,1-3H3. The van der Waals surface area contributed by atoms with E-state index in [0.29, 0.717) is 11.1 Å². The highest BCUT2D eigenvalue weighted by Gasteiger charge is 2.48. The molecule has 2 aromatic rings. The number of amides is 1. The summed E-state index contributed by atoms with van der Waals surface area (Å²) in [5, 5.41) is 20.0.